The van der Waals surface area contributed by atoms with E-state index in [1.165, 1.54) is 10.6 Å². The van der Waals surface area contributed by atoms with E-state index in [1.807, 2.05) is 6.92 Å². The van der Waals surface area contributed by atoms with Gasteiger partial charge in [-0.1, -0.05) is 13.3 Å². The van der Waals surface area contributed by atoms with Crippen LogP contribution in [0, 0.1) is 0 Å². The summed E-state index contributed by atoms with van der Waals surface area (Å²) in [5, 5.41) is 9.13. The van der Waals surface area contributed by atoms with Crippen molar-refractivity contribution in [2.45, 2.75) is 19.8 Å². The lowest BCUT2D eigenvalue weighted by Crippen LogP contribution is -2.22. The third kappa shape index (κ3) is 2.31. The van der Waals surface area contributed by atoms with Crippen molar-refractivity contribution in [3.05, 3.63) is 28.4 Å². The zero-order valence-electron chi connectivity index (χ0n) is 10.8. The van der Waals surface area contributed by atoms with Crippen molar-refractivity contribution < 1.29 is 14.6 Å². The number of fused-ring (bicyclic) bond motifs is 1. The quantitative estimate of drug-likeness (QED) is 0.812. The van der Waals surface area contributed by atoms with Gasteiger partial charge in [-0.2, -0.15) is 0 Å². The number of nitrogens with zero attached hydrogens (tertiary/aromatic N) is 3. The Morgan fingerprint density at radius 1 is 1.47 bits per heavy atom. The van der Waals surface area contributed by atoms with Crippen molar-refractivity contribution in [3.63, 3.8) is 0 Å². The lowest BCUT2D eigenvalue weighted by atomic mass is 10.3. The molecule has 0 atom stereocenters. The lowest BCUT2D eigenvalue weighted by molar-refractivity contribution is 0.0685. The maximum atomic E-state index is 12.2. The van der Waals surface area contributed by atoms with E-state index in [2.05, 4.69) is 4.98 Å². The van der Waals surface area contributed by atoms with Crippen LogP contribution in [-0.4, -0.2) is 31.6 Å². The zero-order chi connectivity index (χ0) is 14.0. The first-order valence-corrected chi connectivity index (χ1v) is 6.00. The fourth-order valence-electron chi connectivity index (χ4n) is 1.72. The van der Waals surface area contributed by atoms with Crippen LogP contribution in [0.1, 0.15) is 30.3 Å². The van der Waals surface area contributed by atoms with Crippen molar-refractivity contribution in [1.29, 1.82) is 0 Å². The molecule has 0 unspecified atom stereocenters. The van der Waals surface area contributed by atoms with Gasteiger partial charge in [-0.05, 0) is 6.42 Å². The minimum atomic E-state index is -1.27. The fourth-order valence-corrected chi connectivity index (χ4v) is 1.72. The molecule has 7 heteroatoms. The molecular weight excluding hydrogens is 250 g/mol. The Morgan fingerprint density at radius 2 is 2.21 bits per heavy atom. The van der Waals surface area contributed by atoms with Crippen LogP contribution >= 0.6 is 0 Å². The highest BCUT2D eigenvalue weighted by Gasteiger charge is 2.20. The summed E-state index contributed by atoms with van der Waals surface area (Å²) in [5.74, 6) is -1.21. The van der Waals surface area contributed by atoms with Crippen LogP contribution in [-0.2, 0) is 7.05 Å². The molecule has 0 aromatic carbocycles. The van der Waals surface area contributed by atoms with Crippen LogP contribution in [0.2, 0.25) is 0 Å². The molecule has 102 valence electrons. The van der Waals surface area contributed by atoms with Crippen LogP contribution < -0.4 is 10.3 Å². The van der Waals surface area contributed by atoms with Crippen molar-refractivity contribution in [3.8, 4) is 5.75 Å². The van der Waals surface area contributed by atoms with E-state index >= 15 is 0 Å². The number of carbonyl (C=O) groups is 1. The normalized spacial score (nSPS) is 10.8. The SMILES string of the molecule is CCCCOc1c(C(=O)O)nc2n(C)ccn2c1=O. The molecule has 0 aliphatic rings. The Labute approximate surface area is 109 Å². The zero-order valence-corrected chi connectivity index (χ0v) is 10.8. The average Bonchev–Trinajstić information content (AvgIpc) is 2.74. The number of carboxylic acid groups (broad SMARTS) is 1. The minimum Gasteiger partial charge on any atom is -0.486 e. The lowest BCUT2D eigenvalue weighted by Gasteiger charge is -2.08. The summed E-state index contributed by atoms with van der Waals surface area (Å²) in [4.78, 5) is 27.3. The van der Waals surface area contributed by atoms with E-state index in [0.717, 1.165) is 12.8 Å². The average molecular weight is 265 g/mol. The third-order valence-corrected chi connectivity index (χ3v) is 2.76. The number of aromatic carboxylic acids is 1. The molecule has 0 aliphatic carbocycles. The van der Waals surface area contributed by atoms with Crippen molar-refractivity contribution >= 4 is 11.7 Å². The van der Waals surface area contributed by atoms with Gasteiger partial charge in [0.2, 0.25) is 11.5 Å². The Morgan fingerprint density at radius 3 is 2.84 bits per heavy atom. The molecule has 2 aromatic rings. The maximum Gasteiger partial charge on any atom is 0.358 e. The van der Waals surface area contributed by atoms with Crippen LogP contribution in [0.15, 0.2) is 17.2 Å². The largest absolute Gasteiger partial charge is 0.486 e. The van der Waals surface area contributed by atoms with Gasteiger partial charge in [-0.15, -0.1) is 0 Å². The molecule has 0 bridgehead atoms. The second kappa shape index (κ2) is 5.13. The molecule has 0 saturated carbocycles. The summed E-state index contributed by atoms with van der Waals surface area (Å²) in [5.41, 5.74) is -0.845. The molecule has 2 aromatic heterocycles. The van der Waals surface area contributed by atoms with Gasteiger partial charge >= 0.3 is 11.5 Å². The van der Waals surface area contributed by atoms with E-state index < -0.39 is 11.5 Å². The van der Waals surface area contributed by atoms with Crippen molar-refractivity contribution in [2.24, 2.45) is 7.05 Å². The topological polar surface area (TPSA) is 85.8 Å². The maximum absolute atomic E-state index is 12.2. The molecule has 2 rings (SSSR count). The number of ether oxygens (including phenoxy) is 1. The molecule has 7 nitrogen and oxygen atoms in total. The number of aryl methyl sites for hydroxylation is 1. The first-order chi connectivity index (χ1) is 9.06. The summed E-state index contributed by atoms with van der Waals surface area (Å²) in [6, 6.07) is 0. The summed E-state index contributed by atoms with van der Waals surface area (Å²) < 4.78 is 8.15. The molecular formula is C12H15N3O4. The Balaban J connectivity index is 2.59. The van der Waals surface area contributed by atoms with Gasteiger partial charge in [0.1, 0.15) is 0 Å². The fraction of sp³-hybridized carbons (Fsp3) is 0.417. The monoisotopic (exact) mass is 265 g/mol. The van der Waals surface area contributed by atoms with Gasteiger partial charge in [-0.25, -0.2) is 14.2 Å². The second-order valence-corrected chi connectivity index (χ2v) is 4.18. The van der Waals surface area contributed by atoms with Gasteiger partial charge < -0.3 is 14.4 Å². The highest BCUT2D eigenvalue weighted by atomic mass is 16.5. The Kier molecular flexibility index (Phi) is 3.55. The van der Waals surface area contributed by atoms with Gasteiger partial charge in [0.15, 0.2) is 5.69 Å². The van der Waals surface area contributed by atoms with E-state index in [9.17, 15) is 9.59 Å². The van der Waals surface area contributed by atoms with Crippen LogP contribution in [0.25, 0.3) is 5.78 Å². The highest BCUT2D eigenvalue weighted by Crippen LogP contribution is 2.13. The number of aromatic nitrogens is 3. The van der Waals surface area contributed by atoms with E-state index in [4.69, 9.17) is 9.84 Å². The molecule has 1 N–H and O–H groups in total. The smallest absolute Gasteiger partial charge is 0.358 e. The predicted molar refractivity (Wildman–Crippen MR) is 67.8 cm³/mol. The predicted octanol–water partition coefficient (Wildman–Crippen LogP) is 0.910. The molecule has 0 amide bonds. The Hall–Kier alpha value is -2.31. The van der Waals surface area contributed by atoms with E-state index in [0.29, 0.717) is 6.61 Å². The number of unbranched alkanes of at least 4 members (excludes halogenated alkanes) is 1. The molecule has 0 saturated heterocycles. The molecule has 2 heterocycles. The number of hydrogen-bond acceptors (Lipinski definition) is 4. The van der Waals surface area contributed by atoms with Crippen molar-refractivity contribution in [2.75, 3.05) is 6.61 Å². The number of imidazole rings is 1. The van der Waals surface area contributed by atoms with Gasteiger partial charge in [0, 0.05) is 19.4 Å². The van der Waals surface area contributed by atoms with Crippen molar-refractivity contribution in [1.82, 2.24) is 14.0 Å². The van der Waals surface area contributed by atoms with Crippen LogP contribution in [0.3, 0.4) is 0 Å². The summed E-state index contributed by atoms with van der Waals surface area (Å²) >= 11 is 0. The van der Waals surface area contributed by atoms with Gasteiger partial charge in [0.25, 0.3) is 0 Å². The minimum absolute atomic E-state index is 0.204. The van der Waals surface area contributed by atoms with Crippen LogP contribution in [0.5, 0.6) is 5.75 Å². The number of carboxylic acids is 1. The summed E-state index contributed by atoms with van der Waals surface area (Å²) in [7, 11) is 1.69. The number of rotatable bonds is 5. The first kappa shape index (κ1) is 13.1. The van der Waals surface area contributed by atoms with Gasteiger partial charge in [-0.3, -0.25) is 4.79 Å². The first-order valence-electron chi connectivity index (χ1n) is 6.00. The van der Waals surface area contributed by atoms with E-state index in [1.54, 1.807) is 17.8 Å². The highest BCUT2D eigenvalue weighted by molar-refractivity contribution is 5.88. The third-order valence-electron chi connectivity index (χ3n) is 2.76. The molecule has 0 spiro atoms. The number of hydrogen-bond donors (Lipinski definition) is 1. The Bertz CT molecular complexity index is 671. The molecule has 0 aliphatic heterocycles. The standard InChI is InChI=1S/C12H15N3O4/c1-3-4-7-19-9-8(11(17)18)13-12-14(2)5-6-15(12)10(9)16/h5-6H,3-4,7H2,1-2H3,(H,17,18). The summed E-state index contributed by atoms with van der Waals surface area (Å²) in [6.45, 7) is 2.28. The molecule has 0 radical (unpaired) electrons. The second-order valence-electron chi connectivity index (χ2n) is 4.18. The van der Waals surface area contributed by atoms with E-state index in [-0.39, 0.29) is 17.2 Å². The summed E-state index contributed by atoms with van der Waals surface area (Å²) in [6.07, 6.45) is 4.80. The molecule has 19 heavy (non-hydrogen) atoms. The molecule has 0 fully saturated rings. The van der Waals surface area contributed by atoms with Gasteiger partial charge in [0.05, 0.1) is 6.61 Å². The van der Waals surface area contributed by atoms with Crippen LogP contribution in [0.4, 0.5) is 0 Å².